The Kier molecular flexibility index (Phi) is 3.56. The maximum Gasteiger partial charge on any atom is 0.129 e. The first-order chi connectivity index (χ1) is 9.74. The van der Waals surface area contributed by atoms with Gasteiger partial charge in [0.25, 0.3) is 0 Å². The summed E-state index contributed by atoms with van der Waals surface area (Å²) < 4.78 is 5.78. The number of para-hydroxylation sites is 1. The normalized spacial score (nSPS) is 16.0. The van der Waals surface area contributed by atoms with E-state index in [0.717, 1.165) is 30.2 Å². The van der Waals surface area contributed by atoms with E-state index in [9.17, 15) is 0 Å². The molecule has 1 aromatic carbocycles. The van der Waals surface area contributed by atoms with Crippen LogP contribution >= 0.6 is 0 Å². The van der Waals surface area contributed by atoms with E-state index in [1.807, 2.05) is 37.4 Å². The predicted molar refractivity (Wildman–Crippen MR) is 79.8 cm³/mol. The van der Waals surface area contributed by atoms with Crippen LogP contribution in [0.5, 0.6) is 5.75 Å². The summed E-state index contributed by atoms with van der Waals surface area (Å²) in [4.78, 5) is 6.71. The largest absolute Gasteiger partial charge is 0.491 e. The highest BCUT2D eigenvalue weighted by molar-refractivity contribution is 5.45. The molecule has 104 valence electrons. The predicted octanol–water partition coefficient (Wildman–Crippen LogP) is 2.50. The highest BCUT2D eigenvalue weighted by Gasteiger charge is 2.16. The van der Waals surface area contributed by atoms with E-state index in [4.69, 9.17) is 10.5 Å². The van der Waals surface area contributed by atoms with E-state index in [2.05, 4.69) is 22.0 Å². The molecule has 2 heterocycles. The molecular formula is C16H19N3O. The maximum absolute atomic E-state index is 5.95. The first-order valence-electron chi connectivity index (χ1n) is 6.91. The van der Waals surface area contributed by atoms with Crippen LogP contribution in [-0.4, -0.2) is 18.1 Å². The lowest BCUT2D eigenvalue weighted by Crippen LogP contribution is -2.26. The van der Waals surface area contributed by atoms with E-state index in [1.54, 1.807) is 0 Å². The Hall–Kier alpha value is -2.07. The summed E-state index contributed by atoms with van der Waals surface area (Å²) in [6.45, 7) is 4.29. The van der Waals surface area contributed by atoms with E-state index in [-0.39, 0.29) is 6.04 Å². The molecule has 1 aliphatic heterocycles. The Morgan fingerprint density at radius 1 is 1.30 bits per heavy atom. The van der Waals surface area contributed by atoms with Gasteiger partial charge in [-0.25, -0.2) is 4.98 Å². The molecule has 4 nitrogen and oxygen atoms in total. The van der Waals surface area contributed by atoms with Crippen LogP contribution in [0.15, 0.2) is 42.6 Å². The highest BCUT2D eigenvalue weighted by atomic mass is 16.5. The van der Waals surface area contributed by atoms with Crippen molar-refractivity contribution in [2.45, 2.75) is 19.5 Å². The van der Waals surface area contributed by atoms with E-state index in [0.29, 0.717) is 6.61 Å². The second kappa shape index (κ2) is 5.51. The third-order valence-corrected chi connectivity index (χ3v) is 3.57. The number of rotatable bonds is 2. The molecule has 1 atom stereocenters. The lowest BCUT2D eigenvalue weighted by Gasteiger charge is -2.21. The molecule has 0 saturated heterocycles. The van der Waals surface area contributed by atoms with Crippen LogP contribution < -0.4 is 15.4 Å². The van der Waals surface area contributed by atoms with Gasteiger partial charge in [0, 0.05) is 24.3 Å². The van der Waals surface area contributed by atoms with Crippen molar-refractivity contribution in [3.8, 4) is 5.75 Å². The molecule has 2 N–H and O–H groups in total. The molecule has 1 aliphatic rings. The molecule has 3 rings (SSSR count). The summed E-state index contributed by atoms with van der Waals surface area (Å²) in [6, 6.07) is 12.2. The van der Waals surface area contributed by atoms with Gasteiger partial charge in [0.1, 0.15) is 18.2 Å². The fourth-order valence-electron chi connectivity index (χ4n) is 2.41. The average Bonchev–Trinajstić information content (AvgIpc) is 2.69. The van der Waals surface area contributed by atoms with Gasteiger partial charge in [-0.1, -0.05) is 18.2 Å². The Morgan fingerprint density at radius 3 is 3.00 bits per heavy atom. The third kappa shape index (κ3) is 2.60. The molecule has 1 aromatic heterocycles. The lowest BCUT2D eigenvalue weighted by atomic mass is 10.1. The Morgan fingerprint density at radius 2 is 2.15 bits per heavy atom. The zero-order valence-electron chi connectivity index (χ0n) is 11.6. The van der Waals surface area contributed by atoms with Crippen LogP contribution in [0.2, 0.25) is 0 Å². The van der Waals surface area contributed by atoms with Gasteiger partial charge >= 0.3 is 0 Å². The molecule has 4 heteroatoms. The standard InChI is InChI=1S/C16H19N3O/c1-12(17)13-6-7-18-16(10-13)19-8-9-20-15-5-3-2-4-14(15)11-19/h2-7,10,12H,8-9,11,17H2,1H3/t12-/m1/s1. The molecule has 0 bridgehead atoms. The van der Waals surface area contributed by atoms with Crippen LogP contribution in [0, 0.1) is 0 Å². The molecule has 0 fully saturated rings. The zero-order chi connectivity index (χ0) is 13.9. The summed E-state index contributed by atoms with van der Waals surface area (Å²) in [6.07, 6.45) is 1.83. The zero-order valence-corrected chi connectivity index (χ0v) is 11.6. The smallest absolute Gasteiger partial charge is 0.129 e. The SMILES string of the molecule is C[C@@H](N)c1ccnc(N2CCOc3ccccc3C2)c1. The van der Waals surface area contributed by atoms with Gasteiger partial charge < -0.3 is 15.4 Å². The molecule has 0 spiro atoms. The number of aromatic nitrogens is 1. The quantitative estimate of drug-likeness (QED) is 0.910. The minimum atomic E-state index is 0.0206. The van der Waals surface area contributed by atoms with Crippen molar-refractivity contribution in [1.29, 1.82) is 0 Å². The highest BCUT2D eigenvalue weighted by Crippen LogP contribution is 2.25. The maximum atomic E-state index is 5.95. The van der Waals surface area contributed by atoms with Crippen molar-refractivity contribution in [2.24, 2.45) is 5.73 Å². The topological polar surface area (TPSA) is 51.4 Å². The minimum absolute atomic E-state index is 0.0206. The van der Waals surface area contributed by atoms with E-state index in [1.165, 1.54) is 5.56 Å². The monoisotopic (exact) mass is 269 g/mol. The van der Waals surface area contributed by atoms with Crippen LogP contribution in [0.25, 0.3) is 0 Å². The fourth-order valence-corrected chi connectivity index (χ4v) is 2.41. The average molecular weight is 269 g/mol. The number of fused-ring (bicyclic) bond motifs is 1. The van der Waals surface area contributed by atoms with Crippen LogP contribution in [-0.2, 0) is 6.54 Å². The van der Waals surface area contributed by atoms with Gasteiger partial charge in [-0.05, 0) is 30.7 Å². The molecule has 2 aromatic rings. The second-order valence-corrected chi connectivity index (χ2v) is 5.11. The summed E-state index contributed by atoms with van der Waals surface area (Å²) in [7, 11) is 0. The summed E-state index contributed by atoms with van der Waals surface area (Å²) in [5, 5.41) is 0. The van der Waals surface area contributed by atoms with Crippen molar-refractivity contribution in [3.63, 3.8) is 0 Å². The number of benzene rings is 1. The summed E-state index contributed by atoms with van der Waals surface area (Å²) in [5.74, 6) is 1.93. The lowest BCUT2D eigenvalue weighted by molar-refractivity contribution is 0.331. The molecule has 0 amide bonds. The van der Waals surface area contributed by atoms with Crippen molar-refractivity contribution in [3.05, 3.63) is 53.7 Å². The molecule has 0 aliphatic carbocycles. The van der Waals surface area contributed by atoms with Crippen LogP contribution in [0.3, 0.4) is 0 Å². The van der Waals surface area contributed by atoms with E-state index >= 15 is 0 Å². The fraction of sp³-hybridized carbons (Fsp3) is 0.312. The number of hydrogen-bond donors (Lipinski definition) is 1. The van der Waals surface area contributed by atoms with Crippen molar-refractivity contribution < 1.29 is 4.74 Å². The first-order valence-corrected chi connectivity index (χ1v) is 6.91. The summed E-state index contributed by atoms with van der Waals surface area (Å²) in [5.41, 5.74) is 8.25. The number of nitrogens with two attached hydrogens (primary N) is 1. The van der Waals surface area contributed by atoms with Crippen molar-refractivity contribution >= 4 is 5.82 Å². The van der Waals surface area contributed by atoms with Crippen molar-refractivity contribution in [2.75, 3.05) is 18.1 Å². The summed E-state index contributed by atoms with van der Waals surface area (Å²) >= 11 is 0. The van der Waals surface area contributed by atoms with Crippen LogP contribution in [0.4, 0.5) is 5.82 Å². The van der Waals surface area contributed by atoms with Gasteiger partial charge in [0.15, 0.2) is 0 Å². The van der Waals surface area contributed by atoms with Crippen molar-refractivity contribution in [1.82, 2.24) is 4.98 Å². The first kappa shape index (κ1) is 12.9. The Bertz CT molecular complexity index is 598. The van der Waals surface area contributed by atoms with Crippen LogP contribution in [0.1, 0.15) is 24.1 Å². The molecular weight excluding hydrogens is 250 g/mol. The van der Waals surface area contributed by atoms with Gasteiger partial charge in [-0.2, -0.15) is 0 Å². The number of hydrogen-bond acceptors (Lipinski definition) is 4. The number of ether oxygens (including phenoxy) is 1. The number of anilines is 1. The second-order valence-electron chi connectivity index (χ2n) is 5.11. The molecule has 0 unspecified atom stereocenters. The molecule has 0 saturated carbocycles. The molecule has 0 radical (unpaired) electrons. The number of pyridine rings is 1. The minimum Gasteiger partial charge on any atom is -0.491 e. The molecule has 20 heavy (non-hydrogen) atoms. The van der Waals surface area contributed by atoms with Gasteiger partial charge in [-0.15, -0.1) is 0 Å². The third-order valence-electron chi connectivity index (χ3n) is 3.57. The van der Waals surface area contributed by atoms with Gasteiger partial charge in [0.2, 0.25) is 0 Å². The van der Waals surface area contributed by atoms with E-state index < -0.39 is 0 Å². The Labute approximate surface area is 119 Å². The van der Waals surface area contributed by atoms with Gasteiger partial charge in [0.05, 0.1) is 6.54 Å². The number of nitrogens with zero attached hydrogens (tertiary/aromatic N) is 2. The Balaban J connectivity index is 1.89. The van der Waals surface area contributed by atoms with Gasteiger partial charge in [-0.3, -0.25) is 0 Å².